The normalized spacial score (nSPS) is 19.9. The molecule has 0 radical (unpaired) electrons. The number of hydrogen-bond donors (Lipinski definition) is 1. The smallest absolute Gasteiger partial charge is 0.271 e. The lowest BCUT2D eigenvalue weighted by atomic mass is 9.84. The molecular formula is C28H33F2N5O5. The summed E-state index contributed by atoms with van der Waals surface area (Å²) in [6.45, 7) is 4.59. The van der Waals surface area contributed by atoms with Gasteiger partial charge in [-0.05, 0) is 38.3 Å². The van der Waals surface area contributed by atoms with E-state index in [-0.39, 0.29) is 17.8 Å². The molecule has 0 spiro atoms. The van der Waals surface area contributed by atoms with E-state index < -0.39 is 40.7 Å². The second kappa shape index (κ2) is 11.8. The second-order valence-corrected chi connectivity index (χ2v) is 10.7. The number of halogens is 2. The number of carbonyl (C=O) groups excluding carboxylic acids is 1. The van der Waals surface area contributed by atoms with Gasteiger partial charge < -0.3 is 19.5 Å². The number of benzene rings is 1. The Morgan fingerprint density at radius 2 is 1.95 bits per heavy atom. The number of aromatic nitrogens is 4. The molecule has 2 unspecified atom stereocenters. The zero-order chi connectivity index (χ0) is 28.3. The van der Waals surface area contributed by atoms with E-state index in [0.29, 0.717) is 25.4 Å². The summed E-state index contributed by atoms with van der Waals surface area (Å²) in [6.07, 6.45) is 8.36. The van der Waals surface area contributed by atoms with E-state index in [4.69, 9.17) is 14.2 Å². The van der Waals surface area contributed by atoms with Crippen LogP contribution in [0.5, 0.6) is 11.5 Å². The van der Waals surface area contributed by atoms with Crippen LogP contribution in [0.3, 0.4) is 0 Å². The van der Waals surface area contributed by atoms with Crippen LogP contribution in [0.2, 0.25) is 0 Å². The van der Waals surface area contributed by atoms with Gasteiger partial charge in [0.25, 0.3) is 11.5 Å². The molecule has 2 aromatic heterocycles. The number of hydrogen-bond acceptors (Lipinski definition) is 7. The van der Waals surface area contributed by atoms with E-state index in [1.807, 2.05) is 13.8 Å². The summed E-state index contributed by atoms with van der Waals surface area (Å²) in [5, 5.41) is 11.4. The summed E-state index contributed by atoms with van der Waals surface area (Å²) in [5.74, 6) is -3.08. The Bertz CT molecular complexity index is 1380. The Morgan fingerprint density at radius 1 is 1.20 bits per heavy atom. The second-order valence-electron chi connectivity index (χ2n) is 10.7. The van der Waals surface area contributed by atoms with Crippen LogP contribution >= 0.6 is 0 Å². The standard InChI is InChI=1S/C28H33F2N5O5/c1-28(2)38-17-20(40-28)16-34-12-11-24(33-34)32-27(37)23(13-18-7-4-3-5-8-18)35-25(36)14-19(15-31-35)39-26-21(29)9-6-10-22(26)30/h6,9-12,14-15,18,20,23H,3-5,7-8,13,16-17H2,1-2H3,(H,32,33,37). The lowest BCUT2D eigenvalue weighted by Gasteiger charge is -2.26. The Labute approximate surface area is 230 Å². The summed E-state index contributed by atoms with van der Waals surface area (Å²) < 4.78 is 47.5. The Morgan fingerprint density at radius 3 is 2.62 bits per heavy atom. The van der Waals surface area contributed by atoms with Crippen LogP contribution in [0.15, 0.2) is 47.5 Å². The van der Waals surface area contributed by atoms with Crippen LogP contribution in [0, 0.1) is 17.6 Å². The first-order valence-electron chi connectivity index (χ1n) is 13.5. The number of rotatable bonds is 9. The van der Waals surface area contributed by atoms with Crippen molar-refractivity contribution in [1.82, 2.24) is 19.6 Å². The first kappa shape index (κ1) is 27.9. The number of para-hydroxylation sites is 1. The SMILES string of the molecule is CC1(C)OCC(Cn2ccc(NC(=O)C(CC3CCCCC3)n3ncc(Oc4c(F)cccc4F)cc3=O)n2)O1. The maximum atomic E-state index is 14.0. The number of ether oxygens (including phenoxy) is 3. The van der Waals surface area contributed by atoms with Gasteiger partial charge in [-0.25, -0.2) is 13.5 Å². The molecule has 1 aliphatic heterocycles. The Kier molecular flexibility index (Phi) is 8.27. The van der Waals surface area contributed by atoms with E-state index in [1.165, 1.54) is 12.3 Å². The number of carbonyl (C=O) groups is 1. The van der Waals surface area contributed by atoms with Crippen molar-refractivity contribution in [2.75, 3.05) is 11.9 Å². The number of nitrogens with one attached hydrogen (secondary N) is 1. The third-order valence-corrected chi connectivity index (χ3v) is 7.17. The molecule has 1 saturated carbocycles. The molecule has 12 heteroatoms. The summed E-state index contributed by atoms with van der Waals surface area (Å²) >= 11 is 0. The summed E-state index contributed by atoms with van der Waals surface area (Å²) in [4.78, 5) is 26.6. The first-order chi connectivity index (χ1) is 19.2. The molecule has 40 heavy (non-hydrogen) atoms. The number of amides is 1. The number of anilines is 1. The van der Waals surface area contributed by atoms with Gasteiger partial charge >= 0.3 is 0 Å². The molecular weight excluding hydrogens is 524 g/mol. The molecule has 3 aromatic rings. The molecule has 2 aliphatic rings. The van der Waals surface area contributed by atoms with Crippen molar-refractivity contribution in [2.24, 2.45) is 5.92 Å². The van der Waals surface area contributed by atoms with Crippen molar-refractivity contribution in [2.45, 2.75) is 76.9 Å². The summed E-state index contributed by atoms with van der Waals surface area (Å²) in [6, 6.07) is 5.14. The van der Waals surface area contributed by atoms with Crippen LogP contribution in [0.4, 0.5) is 14.6 Å². The Hall–Kier alpha value is -3.64. The minimum Gasteiger partial charge on any atom is -0.449 e. The first-order valence-corrected chi connectivity index (χ1v) is 13.5. The highest BCUT2D eigenvalue weighted by molar-refractivity contribution is 5.92. The van der Waals surface area contributed by atoms with E-state index >= 15 is 0 Å². The van der Waals surface area contributed by atoms with Crippen molar-refractivity contribution < 1.29 is 27.8 Å². The predicted octanol–water partition coefficient (Wildman–Crippen LogP) is 4.81. The van der Waals surface area contributed by atoms with Crippen LogP contribution in [-0.4, -0.2) is 44.0 Å². The van der Waals surface area contributed by atoms with Crippen molar-refractivity contribution in [3.63, 3.8) is 0 Å². The highest BCUT2D eigenvalue weighted by Gasteiger charge is 2.33. The van der Waals surface area contributed by atoms with E-state index in [2.05, 4.69) is 15.5 Å². The molecule has 1 aliphatic carbocycles. The zero-order valence-corrected chi connectivity index (χ0v) is 22.5. The van der Waals surface area contributed by atoms with Gasteiger partial charge in [-0.1, -0.05) is 38.2 Å². The molecule has 214 valence electrons. The van der Waals surface area contributed by atoms with Crippen LogP contribution in [-0.2, 0) is 20.8 Å². The summed E-state index contributed by atoms with van der Waals surface area (Å²) in [5.41, 5.74) is -0.628. The fourth-order valence-electron chi connectivity index (χ4n) is 5.25. The fourth-order valence-corrected chi connectivity index (χ4v) is 5.25. The van der Waals surface area contributed by atoms with Gasteiger partial charge in [0.15, 0.2) is 34.7 Å². The average molecular weight is 558 g/mol. The zero-order valence-electron chi connectivity index (χ0n) is 22.5. The van der Waals surface area contributed by atoms with E-state index in [1.54, 1.807) is 16.9 Å². The summed E-state index contributed by atoms with van der Waals surface area (Å²) in [7, 11) is 0. The van der Waals surface area contributed by atoms with Gasteiger partial charge in [-0.15, -0.1) is 0 Å². The maximum Gasteiger partial charge on any atom is 0.271 e. The minimum atomic E-state index is -0.910. The topological polar surface area (TPSA) is 110 Å². The average Bonchev–Trinajstić information content (AvgIpc) is 3.50. The highest BCUT2D eigenvalue weighted by atomic mass is 19.1. The third-order valence-electron chi connectivity index (χ3n) is 7.17. The molecule has 2 atom stereocenters. The lowest BCUT2D eigenvalue weighted by molar-refractivity contribution is -0.139. The van der Waals surface area contributed by atoms with Crippen LogP contribution in [0.1, 0.15) is 58.4 Å². The van der Waals surface area contributed by atoms with Crippen molar-refractivity contribution >= 4 is 11.7 Å². The lowest BCUT2D eigenvalue weighted by Crippen LogP contribution is -2.36. The molecule has 1 saturated heterocycles. The molecule has 1 amide bonds. The van der Waals surface area contributed by atoms with Gasteiger partial charge in [0.1, 0.15) is 12.1 Å². The van der Waals surface area contributed by atoms with Crippen molar-refractivity contribution in [3.8, 4) is 11.5 Å². The molecule has 1 aromatic carbocycles. The molecule has 0 bridgehead atoms. The molecule has 10 nitrogen and oxygen atoms in total. The minimum absolute atomic E-state index is 0.137. The monoisotopic (exact) mass is 557 g/mol. The van der Waals surface area contributed by atoms with E-state index in [0.717, 1.165) is 55.0 Å². The molecule has 1 N–H and O–H groups in total. The largest absolute Gasteiger partial charge is 0.449 e. The van der Waals surface area contributed by atoms with Gasteiger partial charge in [0, 0.05) is 18.3 Å². The van der Waals surface area contributed by atoms with Crippen LogP contribution < -0.4 is 15.6 Å². The predicted molar refractivity (Wildman–Crippen MR) is 141 cm³/mol. The number of nitrogens with zero attached hydrogens (tertiary/aromatic N) is 4. The van der Waals surface area contributed by atoms with Crippen molar-refractivity contribution in [1.29, 1.82) is 0 Å². The highest BCUT2D eigenvalue weighted by Crippen LogP contribution is 2.31. The van der Waals surface area contributed by atoms with Crippen molar-refractivity contribution in [3.05, 3.63) is 64.7 Å². The van der Waals surface area contributed by atoms with Gasteiger partial charge in [-0.2, -0.15) is 10.2 Å². The van der Waals surface area contributed by atoms with Gasteiger partial charge in [0.2, 0.25) is 0 Å². The van der Waals surface area contributed by atoms with Crippen LogP contribution in [0.25, 0.3) is 0 Å². The molecule has 2 fully saturated rings. The molecule has 5 rings (SSSR count). The van der Waals surface area contributed by atoms with Gasteiger partial charge in [0.05, 0.1) is 19.3 Å². The third kappa shape index (κ3) is 6.73. The van der Waals surface area contributed by atoms with E-state index in [9.17, 15) is 18.4 Å². The Balaban J connectivity index is 1.32. The maximum absolute atomic E-state index is 14.0. The van der Waals surface area contributed by atoms with Gasteiger partial charge in [-0.3, -0.25) is 14.3 Å². The molecule has 3 heterocycles. The fraction of sp³-hybridized carbons (Fsp3) is 0.500. The quantitative estimate of drug-likeness (QED) is 0.402.